The number of aromatic nitrogens is 2. The molecule has 0 fully saturated rings. The monoisotopic (exact) mass is 349 g/mol. The smallest absolute Gasteiger partial charge is 0.0635 e. The first-order chi connectivity index (χ1) is 10.1. The van der Waals surface area contributed by atoms with Gasteiger partial charge in [-0.15, -0.1) is 0 Å². The van der Waals surface area contributed by atoms with Gasteiger partial charge in [-0.25, -0.2) is 0 Å². The average Bonchev–Trinajstić information content (AvgIpc) is 2.78. The molecule has 0 bridgehead atoms. The van der Waals surface area contributed by atoms with Crippen LogP contribution in [-0.2, 0) is 13.5 Å². The summed E-state index contributed by atoms with van der Waals surface area (Å²) in [6.07, 6.45) is 2.85. The van der Waals surface area contributed by atoms with E-state index in [9.17, 15) is 0 Å². The van der Waals surface area contributed by atoms with Crippen molar-refractivity contribution in [3.8, 4) is 0 Å². The summed E-state index contributed by atoms with van der Waals surface area (Å²) in [5, 5.41) is 7.91. The van der Waals surface area contributed by atoms with Crippen LogP contribution in [0.3, 0.4) is 0 Å². The summed E-state index contributed by atoms with van der Waals surface area (Å²) in [5.41, 5.74) is 2.62. The van der Waals surface area contributed by atoms with Gasteiger partial charge in [0, 0.05) is 19.5 Å². The van der Waals surface area contributed by atoms with Gasteiger partial charge in [0.1, 0.15) is 0 Å². The van der Waals surface area contributed by atoms with Crippen molar-refractivity contribution in [1.82, 2.24) is 15.1 Å². The van der Waals surface area contributed by atoms with Gasteiger partial charge >= 0.3 is 0 Å². The Labute approximate surface area is 135 Å². The summed E-state index contributed by atoms with van der Waals surface area (Å²) in [6, 6.07) is 10.7. The van der Waals surface area contributed by atoms with E-state index in [-0.39, 0.29) is 0 Å². The molecule has 1 atom stereocenters. The lowest BCUT2D eigenvalue weighted by atomic mass is 9.94. The Bertz CT molecular complexity index is 529. The number of nitrogens with zero attached hydrogens (tertiary/aromatic N) is 2. The van der Waals surface area contributed by atoms with Gasteiger partial charge in [0.15, 0.2) is 0 Å². The third-order valence-electron chi connectivity index (χ3n) is 3.66. The lowest BCUT2D eigenvalue weighted by molar-refractivity contribution is 0.506. The van der Waals surface area contributed by atoms with Gasteiger partial charge in [0.05, 0.1) is 16.4 Å². The molecule has 1 heterocycles. The maximum Gasteiger partial charge on any atom is 0.0635 e. The molecule has 0 aliphatic rings. The van der Waals surface area contributed by atoms with Crippen molar-refractivity contribution in [1.29, 1.82) is 0 Å². The maximum atomic E-state index is 4.32. The highest BCUT2D eigenvalue weighted by Gasteiger charge is 2.16. The predicted octanol–water partition coefficient (Wildman–Crippen LogP) is 3.75. The highest BCUT2D eigenvalue weighted by Crippen LogP contribution is 2.24. The van der Waals surface area contributed by atoms with Gasteiger partial charge in [-0.1, -0.05) is 44.2 Å². The first-order valence-corrected chi connectivity index (χ1v) is 8.29. The Kier molecular flexibility index (Phi) is 6.00. The molecule has 0 saturated heterocycles. The zero-order chi connectivity index (χ0) is 15.2. The average molecular weight is 350 g/mol. The molecule has 1 unspecified atom stereocenters. The Hall–Kier alpha value is -1.13. The Morgan fingerprint density at radius 3 is 2.48 bits per heavy atom. The quantitative estimate of drug-likeness (QED) is 0.824. The Morgan fingerprint density at radius 1 is 1.19 bits per heavy atom. The van der Waals surface area contributed by atoms with Gasteiger partial charge in [-0.2, -0.15) is 5.10 Å². The zero-order valence-corrected chi connectivity index (χ0v) is 14.6. The molecule has 2 aromatic rings. The summed E-state index contributed by atoms with van der Waals surface area (Å²) >= 11 is 3.61. The third-order valence-corrected chi connectivity index (χ3v) is 4.33. The minimum absolute atomic E-state index is 0.455. The second-order valence-electron chi connectivity index (χ2n) is 5.93. The van der Waals surface area contributed by atoms with Crippen molar-refractivity contribution in [2.75, 3.05) is 13.1 Å². The molecule has 0 amide bonds. The highest BCUT2D eigenvalue weighted by atomic mass is 79.9. The lowest BCUT2D eigenvalue weighted by Crippen LogP contribution is -2.27. The summed E-state index contributed by atoms with van der Waals surface area (Å²) < 4.78 is 3.05. The van der Waals surface area contributed by atoms with Crippen molar-refractivity contribution in [2.45, 2.75) is 26.2 Å². The zero-order valence-electron chi connectivity index (χ0n) is 13.0. The Morgan fingerprint density at radius 2 is 1.90 bits per heavy atom. The van der Waals surface area contributed by atoms with E-state index in [2.05, 4.69) is 70.5 Å². The van der Waals surface area contributed by atoms with E-state index in [0.29, 0.717) is 11.8 Å². The van der Waals surface area contributed by atoms with Crippen LogP contribution in [0, 0.1) is 5.92 Å². The van der Waals surface area contributed by atoms with Crippen molar-refractivity contribution < 1.29 is 0 Å². The highest BCUT2D eigenvalue weighted by molar-refractivity contribution is 9.10. The number of hydrogen-bond acceptors (Lipinski definition) is 2. The van der Waals surface area contributed by atoms with E-state index in [1.54, 1.807) is 0 Å². The molecule has 114 valence electrons. The lowest BCUT2D eigenvalue weighted by Gasteiger charge is -2.19. The fourth-order valence-corrected chi connectivity index (χ4v) is 2.99. The molecule has 21 heavy (non-hydrogen) atoms. The first kappa shape index (κ1) is 16.2. The molecule has 0 saturated carbocycles. The Balaban J connectivity index is 2.12. The van der Waals surface area contributed by atoms with E-state index < -0.39 is 0 Å². The number of benzene rings is 1. The maximum absolute atomic E-state index is 4.32. The molecule has 0 spiro atoms. The fraction of sp³-hybridized carbons (Fsp3) is 0.471. The molecule has 0 radical (unpaired) electrons. The van der Waals surface area contributed by atoms with Crippen molar-refractivity contribution in [3.05, 3.63) is 52.3 Å². The summed E-state index contributed by atoms with van der Waals surface area (Å²) in [5.74, 6) is 1.13. The summed E-state index contributed by atoms with van der Waals surface area (Å²) in [7, 11) is 2.00. The minimum Gasteiger partial charge on any atom is -0.316 e. The molecule has 0 aliphatic carbocycles. The van der Waals surface area contributed by atoms with E-state index >= 15 is 0 Å². The predicted molar refractivity (Wildman–Crippen MR) is 91.5 cm³/mol. The van der Waals surface area contributed by atoms with E-state index in [4.69, 9.17) is 0 Å². The molecule has 1 N–H and O–H groups in total. The molecule has 2 rings (SSSR count). The second-order valence-corrected chi connectivity index (χ2v) is 6.78. The number of rotatable bonds is 7. The van der Waals surface area contributed by atoms with Crippen LogP contribution in [0.1, 0.15) is 31.0 Å². The van der Waals surface area contributed by atoms with Gasteiger partial charge in [-0.3, -0.25) is 4.68 Å². The van der Waals surface area contributed by atoms with Gasteiger partial charge in [0.2, 0.25) is 0 Å². The molecule has 0 aliphatic heterocycles. The van der Waals surface area contributed by atoms with Crippen molar-refractivity contribution in [2.24, 2.45) is 13.0 Å². The number of aryl methyl sites for hydroxylation is 1. The van der Waals surface area contributed by atoms with Gasteiger partial charge in [0.25, 0.3) is 0 Å². The normalized spacial score (nSPS) is 12.8. The standard InChI is InChI=1S/C17H24BrN3/c1-13(2)10-19-11-15(14-7-5-4-6-8-14)9-17-16(18)12-20-21(17)3/h4-8,12-13,15,19H,9-11H2,1-3H3. The largest absolute Gasteiger partial charge is 0.316 e. The van der Waals surface area contributed by atoms with Crippen LogP contribution in [0.2, 0.25) is 0 Å². The molecule has 1 aromatic carbocycles. The topological polar surface area (TPSA) is 29.9 Å². The molecule has 3 nitrogen and oxygen atoms in total. The first-order valence-electron chi connectivity index (χ1n) is 7.50. The van der Waals surface area contributed by atoms with Crippen LogP contribution in [-0.4, -0.2) is 22.9 Å². The van der Waals surface area contributed by atoms with Gasteiger partial charge < -0.3 is 5.32 Å². The molecule has 4 heteroatoms. The van der Waals surface area contributed by atoms with Gasteiger partial charge in [-0.05, 0) is 40.4 Å². The molecule has 1 aromatic heterocycles. The SMILES string of the molecule is CC(C)CNCC(Cc1c(Br)cnn1C)c1ccccc1. The van der Waals surface area contributed by atoms with Crippen LogP contribution in [0.25, 0.3) is 0 Å². The molecular formula is C17H24BrN3. The van der Waals surface area contributed by atoms with E-state index in [0.717, 1.165) is 24.0 Å². The summed E-state index contributed by atoms with van der Waals surface area (Å²) in [4.78, 5) is 0. The third kappa shape index (κ3) is 4.68. The summed E-state index contributed by atoms with van der Waals surface area (Å²) in [6.45, 7) is 6.51. The van der Waals surface area contributed by atoms with Crippen molar-refractivity contribution in [3.63, 3.8) is 0 Å². The number of halogens is 1. The minimum atomic E-state index is 0.455. The van der Waals surface area contributed by atoms with Crippen LogP contribution in [0.5, 0.6) is 0 Å². The van der Waals surface area contributed by atoms with Crippen LogP contribution in [0.15, 0.2) is 41.0 Å². The fourth-order valence-electron chi connectivity index (χ4n) is 2.48. The number of nitrogens with one attached hydrogen (secondary N) is 1. The van der Waals surface area contributed by atoms with Crippen LogP contribution in [0.4, 0.5) is 0 Å². The van der Waals surface area contributed by atoms with E-state index in [1.807, 2.05) is 17.9 Å². The van der Waals surface area contributed by atoms with E-state index in [1.165, 1.54) is 11.3 Å². The van der Waals surface area contributed by atoms with Crippen LogP contribution >= 0.6 is 15.9 Å². The number of hydrogen-bond donors (Lipinski definition) is 1. The second kappa shape index (κ2) is 7.76. The van der Waals surface area contributed by atoms with Crippen LogP contribution < -0.4 is 5.32 Å². The molecular weight excluding hydrogens is 326 g/mol. The van der Waals surface area contributed by atoms with Crippen molar-refractivity contribution >= 4 is 15.9 Å².